The molecule has 2 saturated carbocycles. The van der Waals surface area contributed by atoms with Gasteiger partial charge in [-0.1, -0.05) is 6.42 Å². The highest BCUT2D eigenvalue weighted by atomic mass is 16.5. The van der Waals surface area contributed by atoms with Crippen molar-refractivity contribution in [1.82, 2.24) is 5.32 Å². The minimum Gasteiger partial charge on any atom is -0.379 e. The van der Waals surface area contributed by atoms with Crippen LogP contribution in [0.25, 0.3) is 0 Å². The maximum absolute atomic E-state index is 9.65. The maximum atomic E-state index is 9.65. The quantitative estimate of drug-likeness (QED) is 0.733. The fourth-order valence-corrected chi connectivity index (χ4v) is 3.81. The van der Waals surface area contributed by atoms with Crippen LogP contribution in [-0.4, -0.2) is 37.5 Å². The van der Waals surface area contributed by atoms with E-state index in [1.165, 1.54) is 32.1 Å². The molecule has 1 saturated heterocycles. The van der Waals surface area contributed by atoms with Crippen LogP contribution in [0.5, 0.6) is 0 Å². The third-order valence-electron chi connectivity index (χ3n) is 5.25. The zero-order valence-electron chi connectivity index (χ0n) is 13.0. The zero-order valence-corrected chi connectivity index (χ0v) is 13.0. The lowest BCUT2D eigenvalue weighted by Crippen LogP contribution is -2.48. The van der Waals surface area contributed by atoms with E-state index in [2.05, 4.69) is 11.4 Å². The summed E-state index contributed by atoms with van der Waals surface area (Å²) in [5.41, 5.74) is -0.272. The molecule has 3 unspecified atom stereocenters. The topological polar surface area (TPSA) is 54.3 Å². The van der Waals surface area contributed by atoms with E-state index >= 15 is 0 Å². The number of nitriles is 1. The van der Waals surface area contributed by atoms with Gasteiger partial charge >= 0.3 is 0 Å². The second kappa shape index (κ2) is 7.09. The Morgan fingerprint density at radius 2 is 2.10 bits per heavy atom. The Kier molecular flexibility index (Phi) is 5.15. The molecule has 4 heteroatoms. The summed E-state index contributed by atoms with van der Waals surface area (Å²) in [7, 11) is 0. The molecule has 0 spiro atoms. The number of hydrogen-bond acceptors (Lipinski definition) is 4. The second-order valence-electron chi connectivity index (χ2n) is 6.94. The summed E-state index contributed by atoms with van der Waals surface area (Å²) in [6.45, 7) is 2.38. The van der Waals surface area contributed by atoms with E-state index in [0.717, 1.165) is 45.5 Å². The molecule has 1 aliphatic heterocycles. The van der Waals surface area contributed by atoms with Crippen molar-refractivity contribution < 1.29 is 9.47 Å². The van der Waals surface area contributed by atoms with Crippen LogP contribution >= 0.6 is 0 Å². The Bertz CT molecular complexity index is 371. The predicted molar refractivity (Wildman–Crippen MR) is 80.9 cm³/mol. The van der Waals surface area contributed by atoms with Crippen LogP contribution in [0.1, 0.15) is 57.8 Å². The van der Waals surface area contributed by atoms with Crippen molar-refractivity contribution in [2.45, 2.75) is 75.5 Å². The lowest BCUT2D eigenvalue weighted by atomic mass is 9.86. The van der Waals surface area contributed by atoms with Gasteiger partial charge in [-0.05, 0) is 57.3 Å². The predicted octanol–water partition coefficient (Wildman–Crippen LogP) is 2.78. The second-order valence-corrected chi connectivity index (χ2v) is 6.94. The Morgan fingerprint density at radius 3 is 2.81 bits per heavy atom. The van der Waals surface area contributed by atoms with E-state index in [0.29, 0.717) is 18.1 Å². The van der Waals surface area contributed by atoms with E-state index in [-0.39, 0.29) is 5.54 Å². The van der Waals surface area contributed by atoms with Gasteiger partial charge in [0, 0.05) is 19.3 Å². The van der Waals surface area contributed by atoms with Gasteiger partial charge in [0.15, 0.2) is 0 Å². The van der Waals surface area contributed by atoms with Gasteiger partial charge in [-0.25, -0.2) is 0 Å². The Hall–Kier alpha value is -0.630. The Morgan fingerprint density at radius 1 is 1.19 bits per heavy atom. The van der Waals surface area contributed by atoms with Crippen LogP contribution in [0, 0.1) is 17.2 Å². The average molecular weight is 292 g/mol. The highest BCUT2D eigenvalue weighted by Gasteiger charge is 2.45. The van der Waals surface area contributed by atoms with Crippen LogP contribution in [0.4, 0.5) is 0 Å². The van der Waals surface area contributed by atoms with Crippen molar-refractivity contribution in [2.75, 3.05) is 19.8 Å². The number of nitrogens with one attached hydrogen (secondary N) is 1. The minimum atomic E-state index is -0.272. The van der Waals surface area contributed by atoms with Gasteiger partial charge in [0.2, 0.25) is 0 Å². The third kappa shape index (κ3) is 3.97. The monoisotopic (exact) mass is 292 g/mol. The summed E-state index contributed by atoms with van der Waals surface area (Å²) < 4.78 is 11.5. The van der Waals surface area contributed by atoms with Gasteiger partial charge < -0.3 is 9.47 Å². The van der Waals surface area contributed by atoms with Crippen molar-refractivity contribution in [3.63, 3.8) is 0 Å². The first-order valence-electron chi connectivity index (χ1n) is 8.71. The molecule has 0 aromatic rings. The standard InChI is InChI=1S/C17H28N2O2/c18-13-17(19-15-6-7-15)9-3-4-14(17)8-11-20-12-16-5-1-2-10-21-16/h14-16,19H,1-12H2. The van der Waals surface area contributed by atoms with E-state index in [1.54, 1.807) is 0 Å². The first-order valence-corrected chi connectivity index (χ1v) is 8.71. The number of rotatable bonds is 7. The Balaban J connectivity index is 1.40. The van der Waals surface area contributed by atoms with Gasteiger partial charge in [0.25, 0.3) is 0 Å². The van der Waals surface area contributed by atoms with Crippen LogP contribution in [0.15, 0.2) is 0 Å². The van der Waals surface area contributed by atoms with Crippen LogP contribution in [0.2, 0.25) is 0 Å². The minimum absolute atomic E-state index is 0.272. The van der Waals surface area contributed by atoms with Crippen molar-refractivity contribution in [2.24, 2.45) is 5.92 Å². The van der Waals surface area contributed by atoms with E-state index in [9.17, 15) is 5.26 Å². The molecule has 21 heavy (non-hydrogen) atoms. The van der Waals surface area contributed by atoms with Crippen molar-refractivity contribution in [1.29, 1.82) is 5.26 Å². The first-order chi connectivity index (χ1) is 10.3. The first kappa shape index (κ1) is 15.3. The number of hydrogen-bond donors (Lipinski definition) is 1. The molecule has 3 aliphatic rings. The lowest BCUT2D eigenvalue weighted by molar-refractivity contribution is -0.0431. The van der Waals surface area contributed by atoms with Crippen LogP contribution < -0.4 is 5.32 Å². The summed E-state index contributed by atoms with van der Waals surface area (Å²) in [5.74, 6) is 0.454. The summed E-state index contributed by atoms with van der Waals surface area (Å²) in [4.78, 5) is 0. The van der Waals surface area contributed by atoms with Gasteiger partial charge in [-0.3, -0.25) is 5.32 Å². The summed E-state index contributed by atoms with van der Waals surface area (Å²) in [6.07, 6.45) is 10.7. The highest BCUT2D eigenvalue weighted by Crippen LogP contribution is 2.40. The molecule has 1 N–H and O–H groups in total. The molecule has 0 bridgehead atoms. The maximum Gasteiger partial charge on any atom is 0.109 e. The molecule has 0 radical (unpaired) electrons. The molecule has 4 nitrogen and oxygen atoms in total. The molecule has 118 valence electrons. The molecule has 1 heterocycles. The summed E-state index contributed by atoms with van der Waals surface area (Å²) >= 11 is 0. The SMILES string of the molecule is N#CC1(NC2CC2)CCCC1CCOCC1CCCCO1. The number of ether oxygens (including phenoxy) is 2. The fraction of sp³-hybridized carbons (Fsp3) is 0.941. The largest absolute Gasteiger partial charge is 0.379 e. The molecule has 0 amide bonds. The molecule has 3 rings (SSSR count). The third-order valence-corrected chi connectivity index (χ3v) is 5.25. The summed E-state index contributed by atoms with van der Waals surface area (Å²) in [6, 6.07) is 3.20. The highest BCUT2D eigenvalue weighted by molar-refractivity contribution is 5.16. The van der Waals surface area contributed by atoms with Crippen molar-refractivity contribution in [3.8, 4) is 6.07 Å². The van der Waals surface area contributed by atoms with E-state index < -0.39 is 0 Å². The molecule has 3 atom stereocenters. The zero-order chi connectivity index (χ0) is 14.5. The average Bonchev–Trinajstić information content (AvgIpc) is 3.24. The molecule has 0 aromatic heterocycles. The molecule has 2 aliphatic carbocycles. The molecule has 0 aromatic carbocycles. The molecular weight excluding hydrogens is 264 g/mol. The van der Waals surface area contributed by atoms with Gasteiger partial charge in [-0.2, -0.15) is 5.26 Å². The summed E-state index contributed by atoms with van der Waals surface area (Å²) in [5, 5.41) is 13.3. The van der Waals surface area contributed by atoms with Crippen molar-refractivity contribution >= 4 is 0 Å². The Labute approximate surface area is 128 Å². The van der Waals surface area contributed by atoms with Crippen LogP contribution in [0.3, 0.4) is 0 Å². The van der Waals surface area contributed by atoms with Gasteiger partial charge in [0.1, 0.15) is 5.54 Å². The van der Waals surface area contributed by atoms with Crippen LogP contribution in [-0.2, 0) is 9.47 Å². The van der Waals surface area contributed by atoms with Gasteiger partial charge in [0.05, 0.1) is 18.8 Å². The number of nitrogens with zero attached hydrogens (tertiary/aromatic N) is 1. The van der Waals surface area contributed by atoms with E-state index in [1.807, 2.05) is 0 Å². The van der Waals surface area contributed by atoms with Gasteiger partial charge in [-0.15, -0.1) is 0 Å². The lowest BCUT2D eigenvalue weighted by Gasteiger charge is -2.30. The normalized spacial score (nSPS) is 36.5. The molecular formula is C17H28N2O2. The smallest absolute Gasteiger partial charge is 0.109 e. The van der Waals surface area contributed by atoms with E-state index in [4.69, 9.17) is 9.47 Å². The fourth-order valence-electron chi connectivity index (χ4n) is 3.81. The van der Waals surface area contributed by atoms with Crippen molar-refractivity contribution in [3.05, 3.63) is 0 Å². The molecule has 3 fully saturated rings.